The van der Waals surface area contributed by atoms with Crippen LogP contribution in [0.1, 0.15) is 51.9 Å². The van der Waals surface area contributed by atoms with Gasteiger partial charge < -0.3 is 10.6 Å². The van der Waals surface area contributed by atoms with Crippen LogP contribution in [0.3, 0.4) is 0 Å². The van der Waals surface area contributed by atoms with Gasteiger partial charge in [0.25, 0.3) is 0 Å². The van der Waals surface area contributed by atoms with Crippen molar-refractivity contribution in [1.29, 1.82) is 0 Å². The van der Waals surface area contributed by atoms with E-state index in [0.29, 0.717) is 5.41 Å². The predicted molar refractivity (Wildman–Crippen MR) is 69.7 cm³/mol. The molecule has 0 spiro atoms. The molecule has 0 unspecified atom stereocenters. The van der Waals surface area contributed by atoms with E-state index >= 15 is 0 Å². The molecule has 94 valence electrons. The Kier molecular flexibility index (Phi) is 4.66. The summed E-state index contributed by atoms with van der Waals surface area (Å²) in [5.74, 6) is 1.00. The largest absolute Gasteiger partial charge is 0.317 e. The summed E-state index contributed by atoms with van der Waals surface area (Å²) in [4.78, 5) is 0. The molecule has 0 radical (unpaired) electrons. The van der Waals surface area contributed by atoms with Gasteiger partial charge in [0.2, 0.25) is 0 Å². The Labute approximate surface area is 101 Å². The molecule has 1 saturated heterocycles. The maximum Gasteiger partial charge on any atom is 0.000516 e. The summed E-state index contributed by atoms with van der Waals surface area (Å²) >= 11 is 0. The number of hydrogen-bond acceptors (Lipinski definition) is 2. The van der Waals surface area contributed by atoms with E-state index in [0.717, 1.165) is 5.92 Å². The Morgan fingerprint density at radius 3 is 2.62 bits per heavy atom. The van der Waals surface area contributed by atoms with E-state index in [9.17, 15) is 0 Å². The van der Waals surface area contributed by atoms with Crippen LogP contribution in [-0.4, -0.2) is 26.2 Å². The number of hydrogen-bond donors (Lipinski definition) is 2. The molecule has 16 heavy (non-hydrogen) atoms. The van der Waals surface area contributed by atoms with Crippen molar-refractivity contribution in [2.24, 2.45) is 11.3 Å². The highest BCUT2D eigenvalue weighted by molar-refractivity contribution is 4.85. The molecule has 2 aliphatic rings. The maximum atomic E-state index is 3.65. The topological polar surface area (TPSA) is 24.1 Å². The normalized spacial score (nSPS) is 25.3. The molecule has 2 rings (SSSR count). The summed E-state index contributed by atoms with van der Waals surface area (Å²) in [6.07, 6.45) is 9.94. The van der Waals surface area contributed by atoms with Crippen LogP contribution in [0.4, 0.5) is 0 Å². The van der Waals surface area contributed by atoms with Gasteiger partial charge in [0, 0.05) is 6.54 Å². The summed E-state index contributed by atoms with van der Waals surface area (Å²) in [7, 11) is 0. The third-order valence-corrected chi connectivity index (χ3v) is 4.54. The van der Waals surface area contributed by atoms with Crippen molar-refractivity contribution in [3.63, 3.8) is 0 Å². The molecule has 1 aliphatic carbocycles. The van der Waals surface area contributed by atoms with E-state index in [4.69, 9.17) is 0 Å². The zero-order chi connectivity index (χ0) is 11.3. The lowest BCUT2D eigenvalue weighted by atomic mass is 9.70. The van der Waals surface area contributed by atoms with Crippen LogP contribution in [0.15, 0.2) is 0 Å². The molecular formula is C14H28N2. The first-order valence-corrected chi connectivity index (χ1v) is 7.20. The molecular weight excluding hydrogens is 196 g/mol. The Morgan fingerprint density at radius 2 is 2.00 bits per heavy atom. The van der Waals surface area contributed by atoms with Crippen LogP contribution >= 0.6 is 0 Å². The maximum absolute atomic E-state index is 3.65. The summed E-state index contributed by atoms with van der Waals surface area (Å²) in [6, 6.07) is 0. The highest BCUT2D eigenvalue weighted by atomic mass is 14.9. The van der Waals surface area contributed by atoms with Crippen molar-refractivity contribution in [2.75, 3.05) is 26.2 Å². The smallest absolute Gasteiger partial charge is 0.000516 e. The van der Waals surface area contributed by atoms with Gasteiger partial charge in [0.1, 0.15) is 0 Å². The number of rotatable bonds is 6. The summed E-state index contributed by atoms with van der Waals surface area (Å²) in [5.41, 5.74) is 0.648. The second kappa shape index (κ2) is 6.02. The predicted octanol–water partition coefficient (Wildman–Crippen LogP) is 2.55. The van der Waals surface area contributed by atoms with Crippen molar-refractivity contribution in [1.82, 2.24) is 10.6 Å². The molecule has 0 aromatic heterocycles. The van der Waals surface area contributed by atoms with Gasteiger partial charge in [-0.15, -0.1) is 0 Å². The van der Waals surface area contributed by atoms with Crippen molar-refractivity contribution in [2.45, 2.75) is 51.9 Å². The second-order valence-electron chi connectivity index (χ2n) is 6.18. The third-order valence-electron chi connectivity index (χ3n) is 4.54. The number of piperidine rings is 1. The van der Waals surface area contributed by atoms with E-state index < -0.39 is 0 Å². The van der Waals surface area contributed by atoms with Gasteiger partial charge in [-0.2, -0.15) is 0 Å². The lowest BCUT2D eigenvalue weighted by molar-refractivity contribution is 0.156. The van der Waals surface area contributed by atoms with Gasteiger partial charge in [-0.05, 0) is 69.5 Å². The Hall–Kier alpha value is -0.0800. The van der Waals surface area contributed by atoms with E-state index in [-0.39, 0.29) is 0 Å². The third kappa shape index (κ3) is 3.74. The first-order chi connectivity index (χ1) is 7.79. The van der Waals surface area contributed by atoms with Crippen LogP contribution in [0.25, 0.3) is 0 Å². The van der Waals surface area contributed by atoms with Crippen LogP contribution in [-0.2, 0) is 0 Å². The molecule has 0 atom stereocenters. The number of nitrogens with one attached hydrogen (secondary N) is 2. The Morgan fingerprint density at radius 1 is 1.25 bits per heavy atom. The van der Waals surface area contributed by atoms with E-state index in [1.807, 2.05) is 0 Å². The minimum Gasteiger partial charge on any atom is -0.317 e. The first kappa shape index (κ1) is 12.4. The van der Waals surface area contributed by atoms with Gasteiger partial charge in [0.15, 0.2) is 0 Å². The zero-order valence-electron chi connectivity index (χ0n) is 10.9. The molecule has 1 heterocycles. The van der Waals surface area contributed by atoms with E-state index in [1.54, 1.807) is 0 Å². The Balaban J connectivity index is 1.45. The van der Waals surface area contributed by atoms with Gasteiger partial charge in [-0.3, -0.25) is 0 Å². The quantitative estimate of drug-likeness (QED) is 0.678. The van der Waals surface area contributed by atoms with Gasteiger partial charge in [-0.1, -0.05) is 13.3 Å². The van der Waals surface area contributed by atoms with Gasteiger partial charge in [-0.25, -0.2) is 0 Å². The zero-order valence-corrected chi connectivity index (χ0v) is 10.9. The van der Waals surface area contributed by atoms with Crippen molar-refractivity contribution in [3.05, 3.63) is 0 Å². The molecule has 2 N–H and O–H groups in total. The molecule has 0 bridgehead atoms. The van der Waals surface area contributed by atoms with Crippen LogP contribution in [0.2, 0.25) is 0 Å². The van der Waals surface area contributed by atoms with Gasteiger partial charge in [0.05, 0.1) is 0 Å². The second-order valence-corrected chi connectivity index (χ2v) is 6.18. The standard InChI is InChI=1S/C14H28N2/c1-14(7-3-8-14)12-16-9-2-4-13-5-10-15-11-6-13/h13,15-16H,2-12H2,1H3. The molecule has 2 heteroatoms. The Bertz CT molecular complexity index is 193. The first-order valence-electron chi connectivity index (χ1n) is 7.20. The van der Waals surface area contributed by atoms with E-state index in [1.165, 1.54) is 71.1 Å². The molecule has 0 aromatic carbocycles. The molecule has 0 amide bonds. The summed E-state index contributed by atoms with van der Waals surface area (Å²) in [5, 5.41) is 7.09. The molecule has 1 aliphatic heterocycles. The van der Waals surface area contributed by atoms with Crippen LogP contribution in [0.5, 0.6) is 0 Å². The average Bonchev–Trinajstić information content (AvgIpc) is 2.28. The van der Waals surface area contributed by atoms with Crippen molar-refractivity contribution >= 4 is 0 Å². The van der Waals surface area contributed by atoms with E-state index in [2.05, 4.69) is 17.6 Å². The monoisotopic (exact) mass is 224 g/mol. The molecule has 0 aromatic rings. The molecule has 1 saturated carbocycles. The van der Waals surface area contributed by atoms with Crippen LogP contribution in [0, 0.1) is 11.3 Å². The average molecular weight is 224 g/mol. The minimum absolute atomic E-state index is 0.648. The summed E-state index contributed by atoms with van der Waals surface area (Å²) in [6.45, 7) is 7.40. The highest BCUT2D eigenvalue weighted by Crippen LogP contribution is 2.39. The highest BCUT2D eigenvalue weighted by Gasteiger charge is 2.30. The lowest BCUT2D eigenvalue weighted by Gasteiger charge is -2.38. The molecule has 2 nitrogen and oxygen atoms in total. The SMILES string of the molecule is CC1(CNCCCC2CCNCC2)CCC1. The fourth-order valence-electron chi connectivity index (χ4n) is 3.03. The minimum atomic E-state index is 0.648. The fraction of sp³-hybridized carbons (Fsp3) is 1.00. The molecule has 2 fully saturated rings. The van der Waals surface area contributed by atoms with Crippen LogP contribution < -0.4 is 10.6 Å². The summed E-state index contributed by atoms with van der Waals surface area (Å²) < 4.78 is 0. The lowest BCUT2D eigenvalue weighted by Crippen LogP contribution is -2.37. The van der Waals surface area contributed by atoms with Gasteiger partial charge >= 0.3 is 0 Å². The van der Waals surface area contributed by atoms with Crippen molar-refractivity contribution in [3.8, 4) is 0 Å². The van der Waals surface area contributed by atoms with Crippen molar-refractivity contribution < 1.29 is 0 Å². The fourth-order valence-corrected chi connectivity index (χ4v) is 3.03.